The SMILES string of the molecule is CCCCC1[C-]=CC(C(C)(C)C)=C1.Cc1[c-]c2c(cc1C)-c1cc(C)c(C)cc1C2.FC(F)(F)c1cccc([C](=[Zr+2])c2cccc(C(F)(F)F)c2)c1.[Cl-].[Cl-]. The molecule has 0 aromatic heterocycles. The third kappa shape index (κ3) is 12.4. The Kier molecular flexibility index (Phi) is 17.1. The molecule has 0 N–H and O–H groups in total. The first-order valence-electron chi connectivity index (χ1n) is 17.6. The van der Waals surface area contributed by atoms with Crippen LogP contribution in [-0.2, 0) is 43.0 Å². The van der Waals surface area contributed by atoms with E-state index in [0.717, 1.165) is 54.9 Å². The maximum absolute atomic E-state index is 12.7. The van der Waals surface area contributed by atoms with Crippen LogP contribution in [0.4, 0.5) is 26.3 Å². The predicted molar refractivity (Wildman–Crippen MR) is 197 cm³/mol. The van der Waals surface area contributed by atoms with Crippen molar-refractivity contribution in [3.63, 3.8) is 0 Å². The van der Waals surface area contributed by atoms with Gasteiger partial charge in [0.2, 0.25) is 0 Å². The van der Waals surface area contributed by atoms with E-state index in [1.807, 2.05) is 0 Å². The quantitative estimate of drug-likeness (QED) is 0.129. The summed E-state index contributed by atoms with van der Waals surface area (Å²) in [6, 6.07) is 19.7. The zero-order valence-corrected chi connectivity index (χ0v) is 35.9. The summed E-state index contributed by atoms with van der Waals surface area (Å²) >= 11 is 0.729. The normalized spacial score (nSPS) is 14.3. The molecule has 0 fully saturated rings. The second-order valence-corrected chi connectivity index (χ2v) is 15.9. The summed E-state index contributed by atoms with van der Waals surface area (Å²) in [5.74, 6) is 0.592. The van der Waals surface area contributed by atoms with Crippen LogP contribution in [0, 0.1) is 51.2 Å². The maximum atomic E-state index is 12.7. The number of hydrogen-bond donors (Lipinski definition) is 0. The van der Waals surface area contributed by atoms with Gasteiger partial charge in [-0.05, 0) is 37.0 Å². The van der Waals surface area contributed by atoms with Crippen molar-refractivity contribution >= 4 is 3.21 Å². The van der Waals surface area contributed by atoms with Gasteiger partial charge < -0.3 is 24.8 Å². The van der Waals surface area contributed by atoms with Gasteiger partial charge in [-0.3, -0.25) is 6.08 Å². The van der Waals surface area contributed by atoms with E-state index in [4.69, 9.17) is 0 Å². The van der Waals surface area contributed by atoms with Gasteiger partial charge in [-0.1, -0.05) is 89.8 Å². The smallest absolute Gasteiger partial charge is 1.00 e. The Balaban J connectivity index is 0.000000284. The van der Waals surface area contributed by atoms with Crippen LogP contribution in [0.15, 0.2) is 84.5 Å². The van der Waals surface area contributed by atoms with Crippen molar-refractivity contribution in [1.82, 2.24) is 0 Å². The van der Waals surface area contributed by atoms with Gasteiger partial charge in [-0.2, -0.15) is 34.9 Å². The third-order valence-corrected chi connectivity index (χ3v) is 10.9. The number of benzene rings is 4. The van der Waals surface area contributed by atoms with Gasteiger partial charge in [0, 0.05) is 0 Å². The van der Waals surface area contributed by atoms with Gasteiger partial charge in [0.25, 0.3) is 0 Å². The molecule has 0 spiro atoms. The fourth-order valence-electron chi connectivity index (χ4n) is 6.08. The molecule has 0 radical (unpaired) electrons. The van der Waals surface area contributed by atoms with Gasteiger partial charge in [-0.15, -0.1) is 11.1 Å². The van der Waals surface area contributed by atoms with E-state index < -0.39 is 23.5 Å². The van der Waals surface area contributed by atoms with Crippen molar-refractivity contribution in [2.45, 2.75) is 93.4 Å². The molecule has 0 amide bonds. The molecule has 4 aromatic carbocycles. The summed E-state index contributed by atoms with van der Waals surface area (Å²) in [6.07, 6.45) is 3.95. The maximum Gasteiger partial charge on any atom is -1.00 e. The van der Waals surface area contributed by atoms with E-state index in [1.54, 1.807) is 0 Å². The first-order chi connectivity index (χ1) is 24.2. The Bertz CT molecular complexity index is 1860. The summed E-state index contributed by atoms with van der Waals surface area (Å²) < 4.78 is 76.7. The van der Waals surface area contributed by atoms with Gasteiger partial charge in [0.05, 0.1) is 0 Å². The second-order valence-electron chi connectivity index (χ2n) is 14.7. The van der Waals surface area contributed by atoms with Crippen LogP contribution in [0.25, 0.3) is 11.1 Å². The van der Waals surface area contributed by atoms with Crippen molar-refractivity contribution in [1.29, 1.82) is 0 Å². The Morgan fingerprint density at radius 3 is 1.74 bits per heavy atom. The molecule has 4 aromatic rings. The Morgan fingerprint density at radius 1 is 0.741 bits per heavy atom. The first-order valence-corrected chi connectivity index (χ1v) is 18.8. The Morgan fingerprint density at radius 2 is 1.26 bits per heavy atom. The molecule has 0 nitrogen and oxygen atoms in total. The molecule has 9 heteroatoms. The molecule has 288 valence electrons. The molecule has 6 rings (SSSR count). The Labute approximate surface area is 344 Å². The van der Waals surface area contributed by atoms with Gasteiger partial charge in [0.1, 0.15) is 0 Å². The van der Waals surface area contributed by atoms with E-state index in [0.29, 0.717) is 14.5 Å². The molecule has 0 aliphatic heterocycles. The van der Waals surface area contributed by atoms with E-state index in [-0.39, 0.29) is 35.9 Å². The summed E-state index contributed by atoms with van der Waals surface area (Å²) in [5.41, 5.74) is 11.7. The number of aryl methyl sites for hydroxylation is 4. The van der Waals surface area contributed by atoms with Crippen LogP contribution in [0.5, 0.6) is 0 Å². The average molecular weight is 863 g/mol. The average Bonchev–Trinajstić information content (AvgIpc) is 3.69. The number of hydrogen-bond acceptors (Lipinski definition) is 0. The number of allylic oxidation sites excluding steroid dienone is 4. The summed E-state index contributed by atoms with van der Waals surface area (Å²) in [4.78, 5) is 0. The molecule has 2 aliphatic rings. The predicted octanol–water partition coefficient (Wildman–Crippen LogP) is 7.28. The molecule has 1 unspecified atom stereocenters. The van der Waals surface area contributed by atoms with Gasteiger partial charge in [0.15, 0.2) is 0 Å². The van der Waals surface area contributed by atoms with E-state index in [1.165, 1.54) is 93.6 Å². The second kappa shape index (κ2) is 19.4. The summed E-state index contributed by atoms with van der Waals surface area (Å²) in [7, 11) is 0. The van der Waals surface area contributed by atoms with Crippen molar-refractivity contribution in [3.05, 3.63) is 152 Å². The fraction of sp³-hybridized carbons (Fsp3) is 0.356. The van der Waals surface area contributed by atoms with Gasteiger partial charge >= 0.3 is 137 Å². The fourth-order valence-corrected chi connectivity index (χ4v) is 6.85. The molecular formula is C45H46Cl2F6Zr-2. The third-order valence-electron chi connectivity index (χ3n) is 9.52. The van der Waals surface area contributed by atoms with E-state index in [9.17, 15) is 26.3 Å². The van der Waals surface area contributed by atoms with Crippen molar-refractivity contribution in [3.8, 4) is 11.1 Å². The molecule has 0 saturated heterocycles. The van der Waals surface area contributed by atoms with Crippen LogP contribution in [0.2, 0.25) is 0 Å². The molecule has 54 heavy (non-hydrogen) atoms. The van der Waals surface area contributed by atoms with Crippen LogP contribution < -0.4 is 24.8 Å². The minimum atomic E-state index is -4.49. The summed E-state index contributed by atoms with van der Waals surface area (Å²) in [6.45, 7) is 17.7. The van der Waals surface area contributed by atoms with Crippen LogP contribution in [-0.4, -0.2) is 3.21 Å². The first kappa shape index (κ1) is 47.4. The van der Waals surface area contributed by atoms with E-state index in [2.05, 4.69) is 97.9 Å². The van der Waals surface area contributed by atoms with Crippen molar-refractivity contribution < 1.29 is 75.4 Å². The number of fused-ring (bicyclic) bond motifs is 3. The molecule has 1 atom stereocenters. The zero-order valence-electron chi connectivity index (χ0n) is 31.9. The molecule has 2 aliphatic carbocycles. The van der Waals surface area contributed by atoms with E-state index >= 15 is 0 Å². The minimum Gasteiger partial charge on any atom is -1.00 e. The topological polar surface area (TPSA) is 0 Å². The Hall–Kier alpha value is -2.73. The largest absolute Gasteiger partial charge is 1.00 e. The number of unbranched alkanes of at least 4 members (excludes halogenated alkanes) is 1. The van der Waals surface area contributed by atoms with Crippen LogP contribution in [0.1, 0.15) is 103 Å². The number of rotatable bonds is 5. The van der Waals surface area contributed by atoms with Crippen LogP contribution in [0.3, 0.4) is 0 Å². The molecule has 0 heterocycles. The summed E-state index contributed by atoms with van der Waals surface area (Å²) in [5, 5.41) is 0. The standard InChI is InChI=1S/C17H17.C15H8F6.C13H21.2ClH.Zr/c1-10-5-14-9-15-6-11(2)13(4)8-17(15)16(14)7-12(10)3;16-14(17,18)12-5-1-3-10(8-12)7-11-4-2-6-13(9-11)15(19,20)21;1-5-6-7-11-8-9-12(10-11)13(2,3)4;;;/h5,7-8H,9H2,1-4H3;1-6,8-9H;9-11H,5-7H2,1-4H3;2*1H;/q-1;;-1;;;+2/p-2. The molecular weight excluding hydrogens is 817 g/mol. The minimum absolute atomic E-state index is 0. The molecule has 0 bridgehead atoms. The van der Waals surface area contributed by atoms with Crippen molar-refractivity contribution in [2.24, 2.45) is 11.3 Å². The number of alkyl halides is 6. The number of halogens is 8. The van der Waals surface area contributed by atoms with Crippen molar-refractivity contribution in [2.75, 3.05) is 0 Å². The van der Waals surface area contributed by atoms with Gasteiger partial charge in [-0.25, -0.2) is 6.08 Å². The molecule has 0 saturated carbocycles. The zero-order chi connectivity index (χ0) is 38.6. The monoisotopic (exact) mass is 860 g/mol. The van der Waals surface area contributed by atoms with Crippen LogP contribution >= 0.6 is 0 Å².